The summed E-state index contributed by atoms with van der Waals surface area (Å²) in [6, 6.07) is 11.8. The third kappa shape index (κ3) is 5.86. The fourth-order valence-electron chi connectivity index (χ4n) is 4.65. The third-order valence-electron chi connectivity index (χ3n) is 6.21. The number of morpholine rings is 1. The van der Waals surface area contributed by atoms with Crippen LogP contribution in [-0.4, -0.2) is 56.5 Å². The molecule has 0 aromatic heterocycles. The molecule has 4 rings (SSSR count). The Morgan fingerprint density at radius 1 is 1.14 bits per heavy atom. The van der Waals surface area contributed by atoms with Crippen LogP contribution in [0.5, 0.6) is 0 Å². The van der Waals surface area contributed by atoms with Gasteiger partial charge in [-0.15, -0.1) is 0 Å². The van der Waals surface area contributed by atoms with Gasteiger partial charge in [0, 0.05) is 13.1 Å². The highest BCUT2D eigenvalue weighted by atomic mass is 35.5. The van der Waals surface area contributed by atoms with Gasteiger partial charge < -0.3 is 14.8 Å². The average molecular weight is 521 g/mol. The van der Waals surface area contributed by atoms with Crippen LogP contribution in [0.25, 0.3) is 0 Å². The molecule has 0 bridgehead atoms. The maximum atomic E-state index is 13.2. The number of esters is 1. The summed E-state index contributed by atoms with van der Waals surface area (Å²) >= 11 is 6.20. The molecule has 2 aromatic rings. The Hall–Kier alpha value is -2.46. The zero-order chi connectivity index (χ0) is 25.2. The van der Waals surface area contributed by atoms with Crippen LogP contribution in [0.3, 0.4) is 0 Å². The van der Waals surface area contributed by atoms with Crippen molar-refractivity contribution in [1.82, 2.24) is 9.62 Å². The summed E-state index contributed by atoms with van der Waals surface area (Å²) in [7, 11) is -3.96. The number of halogens is 1. The Bertz CT molecular complexity index is 1210. The summed E-state index contributed by atoms with van der Waals surface area (Å²) in [6.45, 7) is 3.49. The third-order valence-corrected chi connectivity index (χ3v) is 8.52. The highest BCUT2D eigenvalue weighted by molar-refractivity contribution is 7.89. The summed E-state index contributed by atoms with van der Waals surface area (Å²) in [4.78, 5) is 24.9. The molecule has 1 N–H and O–H groups in total. The van der Waals surface area contributed by atoms with Gasteiger partial charge in [0.15, 0.2) is 6.61 Å². The molecule has 0 radical (unpaired) electrons. The minimum absolute atomic E-state index is 0.00172. The SMILES string of the molecule is C[C@H]1CN(S(=O)(=O)c2cc(C(=O)OCC(=O)N[C@H]3CCCc4ccccc43)ccc2Cl)C[C@H](C)O1. The molecule has 35 heavy (non-hydrogen) atoms. The van der Waals surface area contributed by atoms with Gasteiger partial charge in [0.25, 0.3) is 5.91 Å². The zero-order valence-corrected chi connectivity index (χ0v) is 21.3. The van der Waals surface area contributed by atoms with Crippen LogP contribution in [0.15, 0.2) is 47.4 Å². The Balaban J connectivity index is 1.41. The number of carbonyl (C=O) groups excluding carboxylic acids is 2. The van der Waals surface area contributed by atoms with Gasteiger partial charge in [0.2, 0.25) is 10.0 Å². The van der Waals surface area contributed by atoms with E-state index in [2.05, 4.69) is 11.4 Å². The van der Waals surface area contributed by atoms with Gasteiger partial charge in [-0.05, 0) is 62.4 Å². The van der Waals surface area contributed by atoms with E-state index in [4.69, 9.17) is 21.1 Å². The lowest BCUT2D eigenvalue weighted by molar-refractivity contribution is -0.125. The molecule has 1 amide bonds. The second-order valence-corrected chi connectivity index (χ2v) is 11.3. The number of hydrogen-bond acceptors (Lipinski definition) is 6. The van der Waals surface area contributed by atoms with E-state index in [1.807, 2.05) is 18.2 Å². The highest BCUT2D eigenvalue weighted by Gasteiger charge is 2.34. The molecule has 3 atom stereocenters. The van der Waals surface area contributed by atoms with E-state index in [1.54, 1.807) is 13.8 Å². The maximum absolute atomic E-state index is 13.2. The second kappa shape index (κ2) is 10.7. The Morgan fingerprint density at radius 3 is 2.60 bits per heavy atom. The first-order valence-corrected chi connectivity index (χ1v) is 13.5. The lowest BCUT2D eigenvalue weighted by atomic mass is 9.88. The van der Waals surface area contributed by atoms with E-state index in [9.17, 15) is 18.0 Å². The van der Waals surface area contributed by atoms with Gasteiger partial charge in [-0.2, -0.15) is 4.31 Å². The van der Waals surface area contributed by atoms with Crippen LogP contribution in [0.4, 0.5) is 0 Å². The largest absolute Gasteiger partial charge is 0.452 e. The van der Waals surface area contributed by atoms with Crippen molar-refractivity contribution in [3.05, 3.63) is 64.2 Å². The summed E-state index contributed by atoms with van der Waals surface area (Å²) in [5, 5.41) is 2.93. The van der Waals surface area contributed by atoms with Crippen molar-refractivity contribution < 1.29 is 27.5 Å². The standard InChI is InChI=1S/C25H29ClN2O6S/c1-16-13-28(14-17(2)34-16)35(31,32)23-12-19(10-11-21(23)26)25(30)33-15-24(29)27-22-9-5-7-18-6-3-4-8-20(18)22/h3-4,6,8,10-12,16-17,22H,5,7,9,13-15H2,1-2H3,(H,27,29)/t16-,17-,22-/m0/s1. The second-order valence-electron chi connectivity index (χ2n) is 9.01. The number of fused-ring (bicyclic) bond motifs is 1. The summed E-state index contributed by atoms with van der Waals surface area (Å²) in [5.74, 6) is -1.22. The van der Waals surface area contributed by atoms with Gasteiger partial charge in [0.1, 0.15) is 4.90 Å². The Kier molecular flexibility index (Phi) is 7.80. The zero-order valence-electron chi connectivity index (χ0n) is 19.7. The number of nitrogens with one attached hydrogen (secondary N) is 1. The molecule has 8 nitrogen and oxygen atoms in total. The van der Waals surface area contributed by atoms with Crippen molar-refractivity contribution in [2.24, 2.45) is 0 Å². The molecule has 1 aliphatic carbocycles. The number of sulfonamides is 1. The van der Waals surface area contributed by atoms with E-state index in [0.717, 1.165) is 24.8 Å². The highest BCUT2D eigenvalue weighted by Crippen LogP contribution is 2.30. The lowest BCUT2D eigenvalue weighted by Crippen LogP contribution is -2.48. The molecule has 1 heterocycles. The molecule has 2 aliphatic rings. The Labute approximate surface area is 210 Å². The van der Waals surface area contributed by atoms with Crippen LogP contribution in [0.2, 0.25) is 5.02 Å². The minimum Gasteiger partial charge on any atom is -0.452 e. The first-order chi connectivity index (χ1) is 16.6. The average Bonchev–Trinajstić information content (AvgIpc) is 2.82. The molecular formula is C25H29ClN2O6S. The number of benzene rings is 2. The normalized spacial score (nSPS) is 22.8. The number of nitrogens with zero attached hydrogens (tertiary/aromatic N) is 1. The molecule has 2 aromatic carbocycles. The van der Waals surface area contributed by atoms with Crippen molar-refractivity contribution in [3.8, 4) is 0 Å². The van der Waals surface area contributed by atoms with E-state index >= 15 is 0 Å². The summed E-state index contributed by atoms with van der Waals surface area (Å²) in [6.07, 6.45) is 2.21. The predicted molar refractivity (Wildman–Crippen MR) is 131 cm³/mol. The number of rotatable bonds is 6. The van der Waals surface area contributed by atoms with E-state index in [-0.39, 0.29) is 46.8 Å². The van der Waals surface area contributed by atoms with Crippen molar-refractivity contribution in [2.45, 2.75) is 56.3 Å². The molecule has 0 unspecified atom stereocenters. The predicted octanol–water partition coefficient (Wildman–Crippen LogP) is 3.49. The Morgan fingerprint density at radius 2 is 1.86 bits per heavy atom. The molecule has 0 spiro atoms. The van der Waals surface area contributed by atoms with Crippen LogP contribution in [-0.2, 0) is 30.7 Å². The van der Waals surface area contributed by atoms with Gasteiger partial charge in [-0.3, -0.25) is 4.79 Å². The van der Waals surface area contributed by atoms with Crippen molar-refractivity contribution in [3.63, 3.8) is 0 Å². The van der Waals surface area contributed by atoms with Gasteiger partial charge in [-0.25, -0.2) is 13.2 Å². The summed E-state index contributed by atoms with van der Waals surface area (Å²) in [5.41, 5.74) is 2.29. The smallest absolute Gasteiger partial charge is 0.338 e. The molecule has 1 saturated heterocycles. The number of aryl methyl sites for hydroxylation is 1. The molecule has 10 heteroatoms. The first kappa shape index (κ1) is 25.6. The number of hydrogen-bond donors (Lipinski definition) is 1. The van der Waals surface area contributed by atoms with E-state index < -0.39 is 28.5 Å². The van der Waals surface area contributed by atoms with Crippen LogP contribution in [0.1, 0.15) is 54.2 Å². The van der Waals surface area contributed by atoms with Crippen molar-refractivity contribution in [1.29, 1.82) is 0 Å². The molecule has 188 valence electrons. The first-order valence-electron chi connectivity index (χ1n) is 11.6. The van der Waals surface area contributed by atoms with Gasteiger partial charge in [0.05, 0.1) is 28.8 Å². The van der Waals surface area contributed by atoms with Crippen molar-refractivity contribution in [2.75, 3.05) is 19.7 Å². The van der Waals surface area contributed by atoms with Crippen molar-refractivity contribution >= 4 is 33.5 Å². The quantitative estimate of drug-likeness (QED) is 0.585. The molecular weight excluding hydrogens is 492 g/mol. The summed E-state index contributed by atoms with van der Waals surface area (Å²) < 4.78 is 38.6. The molecule has 1 fully saturated rings. The van der Waals surface area contributed by atoms with Crippen LogP contribution < -0.4 is 5.32 Å². The maximum Gasteiger partial charge on any atom is 0.338 e. The van der Waals surface area contributed by atoms with Gasteiger partial charge >= 0.3 is 5.97 Å². The fraction of sp³-hybridized carbons (Fsp3) is 0.440. The van der Waals surface area contributed by atoms with E-state index in [1.165, 1.54) is 28.1 Å². The monoisotopic (exact) mass is 520 g/mol. The van der Waals surface area contributed by atoms with Crippen LogP contribution in [0, 0.1) is 0 Å². The van der Waals surface area contributed by atoms with Gasteiger partial charge in [-0.1, -0.05) is 35.9 Å². The van der Waals surface area contributed by atoms with Crippen LogP contribution >= 0.6 is 11.6 Å². The fourth-order valence-corrected chi connectivity index (χ4v) is 6.74. The number of ether oxygens (including phenoxy) is 2. The van der Waals surface area contributed by atoms with E-state index in [0.29, 0.717) is 0 Å². The molecule has 1 aliphatic heterocycles. The topological polar surface area (TPSA) is 102 Å². The number of carbonyl (C=O) groups is 2. The molecule has 0 saturated carbocycles. The number of amides is 1. The lowest BCUT2D eigenvalue weighted by Gasteiger charge is -2.34. The minimum atomic E-state index is -3.96.